The summed E-state index contributed by atoms with van der Waals surface area (Å²) in [4.78, 5) is 24.3. The maximum Gasteiger partial charge on any atom is 0.338 e. The van der Waals surface area contributed by atoms with Crippen molar-refractivity contribution in [2.45, 2.75) is 31.0 Å². The number of hydrogen-bond acceptors (Lipinski definition) is 8. The summed E-state index contributed by atoms with van der Waals surface area (Å²) in [5.74, 6) is -3.62. The first-order valence-corrected chi connectivity index (χ1v) is 8.07. The van der Waals surface area contributed by atoms with Crippen molar-refractivity contribution in [1.82, 2.24) is 0 Å². The number of benzene rings is 1. The van der Waals surface area contributed by atoms with Crippen LogP contribution in [0.4, 0.5) is 0 Å². The van der Waals surface area contributed by atoms with E-state index in [2.05, 4.69) is 4.74 Å². The highest BCUT2D eigenvalue weighted by Gasteiger charge is 2.65. The van der Waals surface area contributed by atoms with Gasteiger partial charge in [0, 0.05) is 5.92 Å². The van der Waals surface area contributed by atoms with E-state index in [0.717, 1.165) is 13.4 Å². The third-order valence-corrected chi connectivity index (χ3v) is 4.98. The van der Waals surface area contributed by atoms with E-state index >= 15 is 0 Å². The lowest BCUT2D eigenvalue weighted by Crippen LogP contribution is -2.49. The number of ether oxygens (including phenoxy) is 3. The predicted molar refractivity (Wildman–Crippen MR) is 86.4 cm³/mol. The van der Waals surface area contributed by atoms with Gasteiger partial charge in [-0.3, -0.25) is 0 Å². The maximum absolute atomic E-state index is 12.3. The van der Waals surface area contributed by atoms with Gasteiger partial charge in [0.05, 0.1) is 30.4 Å². The Morgan fingerprint density at radius 1 is 1.15 bits per heavy atom. The van der Waals surface area contributed by atoms with Crippen molar-refractivity contribution in [3.8, 4) is 0 Å². The van der Waals surface area contributed by atoms with Gasteiger partial charge in [0.2, 0.25) is 6.29 Å². The fraction of sp³-hybridized carbons (Fsp3) is 0.444. The average molecular weight is 364 g/mol. The minimum Gasteiger partial charge on any atom is -0.472 e. The van der Waals surface area contributed by atoms with Crippen molar-refractivity contribution in [2.24, 2.45) is 11.8 Å². The van der Waals surface area contributed by atoms with Gasteiger partial charge in [0.1, 0.15) is 11.7 Å². The minimum absolute atomic E-state index is 0.0474. The Hall–Kier alpha value is -2.42. The molecule has 3 N–H and O–H groups in total. The Balaban J connectivity index is 1.92. The van der Waals surface area contributed by atoms with Gasteiger partial charge in [-0.2, -0.15) is 0 Å². The van der Waals surface area contributed by atoms with Crippen LogP contribution in [0.15, 0.2) is 42.2 Å². The van der Waals surface area contributed by atoms with Crippen LogP contribution in [0, 0.1) is 11.8 Å². The normalized spacial score (nSPS) is 35.7. The molecular formula is C18H20O8. The predicted octanol–water partition coefficient (Wildman–Crippen LogP) is -0.0246. The third kappa shape index (κ3) is 2.86. The second kappa shape index (κ2) is 6.71. The van der Waals surface area contributed by atoms with Crippen LogP contribution >= 0.6 is 0 Å². The van der Waals surface area contributed by atoms with Crippen molar-refractivity contribution in [3.63, 3.8) is 0 Å². The van der Waals surface area contributed by atoms with Crippen LogP contribution in [0.3, 0.4) is 0 Å². The minimum atomic E-state index is -1.85. The lowest BCUT2D eigenvalue weighted by atomic mass is 9.81. The van der Waals surface area contributed by atoms with E-state index in [0.29, 0.717) is 0 Å². The zero-order valence-corrected chi connectivity index (χ0v) is 14.2. The Morgan fingerprint density at radius 2 is 1.81 bits per heavy atom. The van der Waals surface area contributed by atoms with Gasteiger partial charge in [0.25, 0.3) is 0 Å². The molecule has 1 heterocycles. The summed E-state index contributed by atoms with van der Waals surface area (Å²) in [6.07, 6.45) is -3.31. The van der Waals surface area contributed by atoms with Crippen molar-refractivity contribution < 1.29 is 39.1 Å². The quantitative estimate of drug-likeness (QED) is 0.640. The summed E-state index contributed by atoms with van der Waals surface area (Å²) in [5.41, 5.74) is -1.65. The van der Waals surface area contributed by atoms with Gasteiger partial charge in [-0.1, -0.05) is 18.2 Å². The molecule has 6 atom stereocenters. The molecule has 140 valence electrons. The summed E-state index contributed by atoms with van der Waals surface area (Å²) < 4.78 is 15.0. The number of hydrogen-bond donors (Lipinski definition) is 3. The topological polar surface area (TPSA) is 123 Å². The van der Waals surface area contributed by atoms with Crippen LogP contribution in [-0.4, -0.2) is 58.5 Å². The number of esters is 2. The van der Waals surface area contributed by atoms with Crippen LogP contribution in [0.1, 0.15) is 17.3 Å². The summed E-state index contributed by atoms with van der Waals surface area (Å²) >= 11 is 0. The second-order valence-electron chi connectivity index (χ2n) is 6.55. The number of fused-ring (bicyclic) bond motifs is 1. The fourth-order valence-electron chi connectivity index (χ4n) is 3.70. The Kier molecular flexibility index (Phi) is 4.74. The maximum atomic E-state index is 12.3. The summed E-state index contributed by atoms with van der Waals surface area (Å²) in [5, 5.41) is 31.7. The number of rotatable bonds is 3. The van der Waals surface area contributed by atoms with Gasteiger partial charge >= 0.3 is 11.9 Å². The van der Waals surface area contributed by atoms with Crippen molar-refractivity contribution in [1.29, 1.82) is 0 Å². The second-order valence-corrected chi connectivity index (χ2v) is 6.55. The Labute approximate surface area is 149 Å². The first-order valence-electron chi connectivity index (χ1n) is 8.07. The molecule has 1 aliphatic heterocycles. The molecule has 8 heteroatoms. The first kappa shape index (κ1) is 18.4. The van der Waals surface area contributed by atoms with Gasteiger partial charge in [0.15, 0.2) is 6.10 Å². The zero-order valence-electron chi connectivity index (χ0n) is 14.2. The number of methoxy groups -OCH3 is 1. The van der Waals surface area contributed by atoms with E-state index in [1.165, 1.54) is 19.1 Å². The molecule has 1 aromatic carbocycles. The summed E-state index contributed by atoms with van der Waals surface area (Å²) in [6, 6.07) is 8.09. The molecule has 1 aliphatic carbocycles. The van der Waals surface area contributed by atoms with E-state index in [-0.39, 0.29) is 11.1 Å². The van der Waals surface area contributed by atoms with Gasteiger partial charge in [-0.15, -0.1) is 0 Å². The molecule has 0 spiro atoms. The van der Waals surface area contributed by atoms with Crippen molar-refractivity contribution >= 4 is 11.9 Å². The molecular weight excluding hydrogens is 344 g/mol. The highest BCUT2D eigenvalue weighted by atomic mass is 16.6. The van der Waals surface area contributed by atoms with Crippen LogP contribution in [0.5, 0.6) is 0 Å². The standard InChI is InChI=1S/C18H20O8/c1-18(23)12-11(10(16(21)24-2)8-25-17(12)22)13(19)14(18)26-15(20)9-6-4-3-5-7-9/h3-8,11-14,17,19,22-23H,1-2H3/t11-,12-,13+,14+,17?,18-/m1/s1. The summed E-state index contributed by atoms with van der Waals surface area (Å²) in [7, 11) is 1.16. The monoisotopic (exact) mass is 364 g/mol. The molecule has 1 fully saturated rings. The Morgan fingerprint density at radius 3 is 2.42 bits per heavy atom. The first-order chi connectivity index (χ1) is 12.3. The molecule has 3 rings (SSSR count). The summed E-state index contributed by atoms with van der Waals surface area (Å²) in [6.45, 7) is 1.32. The molecule has 1 saturated carbocycles. The van der Waals surface area contributed by atoms with Gasteiger partial charge in [-0.05, 0) is 19.1 Å². The molecule has 8 nitrogen and oxygen atoms in total. The molecule has 1 aromatic rings. The third-order valence-electron chi connectivity index (χ3n) is 4.98. The SMILES string of the molecule is COC(=O)C1=COC(O)[C@H]2[C@@H]1[C@H](O)[C@H](OC(=O)c1ccccc1)[C@]2(C)O. The molecule has 0 bridgehead atoms. The van der Waals surface area contributed by atoms with Crippen molar-refractivity contribution in [3.05, 3.63) is 47.7 Å². The zero-order chi connectivity index (χ0) is 19.1. The van der Waals surface area contributed by atoms with E-state index in [4.69, 9.17) is 9.47 Å². The van der Waals surface area contributed by atoms with E-state index in [1.807, 2.05) is 0 Å². The van der Waals surface area contributed by atoms with Gasteiger partial charge < -0.3 is 29.5 Å². The number of carbonyl (C=O) groups excluding carboxylic acids is 2. The molecule has 2 aliphatic rings. The number of carbonyl (C=O) groups is 2. The average Bonchev–Trinajstić information content (AvgIpc) is 2.83. The van der Waals surface area contributed by atoms with Crippen LogP contribution in [0.2, 0.25) is 0 Å². The highest BCUT2D eigenvalue weighted by molar-refractivity contribution is 5.90. The largest absolute Gasteiger partial charge is 0.472 e. The lowest BCUT2D eigenvalue weighted by molar-refractivity contribution is -0.179. The van der Waals surface area contributed by atoms with E-state index in [9.17, 15) is 24.9 Å². The molecule has 0 aromatic heterocycles. The van der Waals surface area contributed by atoms with E-state index < -0.39 is 47.9 Å². The van der Waals surface area contributed by atoms with Gasteiger partial charge in [-0.25, -0.2) is 9.59 Å². The molecule has 1 unspecified atom stereocenters. The molecule has 0 saturated heterocycles. The number of aliphatic hydroxyl groups excluding tert-OH is 2. The Bertz CT molecular complexity index is 726. The fourth-order valence-corrected chi connectivity index (χ4v) is 3.70. The molecule has 0 amide bonds. The lowest BCUT2D eigenvalue weighted by Gasteiger charge is -2.36. The van der Waals surface area contributed by atoms with Crippen molar-refractivity contribution in [2.75, 3.05) is 7.11 Å². The van der Waals surface area contributed by atoms with Crippen LogP contribution in [-0.2, 0) is 19.0 Å². The van der Waals surface area contributed by atoms with Crippen LogP contribution < -0.4 is 0 Å². The molecule has 0 radical (unpaired) electrons. The van der Waals surface area contributed by atoms with E-state index in [1.54, 1.807) is 18.2 Å². The van der Waals surface area contributed by atoms with Crippen LogP contribution in [0.25, 0.3) is 0 Å². The highest BCUT2D eigenvalue weighted by Crippen LogP contribution is 2.49. The smallest absolute Gasteiger partial charge is 0.338 e. The number of aliphatic hydroxyl groups is 3. The molecule has 26 heavy (non-hydrogen) atoms.